The highest BCUT2D eigenvalue weighted by atomic mass is 32.2. The summed E-state index contributed by atoms with van der Waals surface area (Å²) in [6, 6.07) is 10.1. The average molecular weight is 197 g/mol. The number of unbranched alkanes of at least 4 members (excludes halogenated alkanes) is 1. The Morgan fingerprint density at radius 1 is 1.15 bits per heavy atom. The third kappa shape index (κ3) is 4.80. The molecule has 0 heterocycles. The van der Waals surface area contributed by atoms with Gasteiger partial charge in [-0.3, -0.25) is 4.21 Å². The Morgan fingerprint density at radius 3 is 2.46 bits per heavy atom. The molecule has 0 aliphatic carbocycles. The van der Waals surface area contributed by atoms with Crippen LogP contribution in [0.25, 0.3) is 0 Å². The van der Waals surface area contributed by atoms with E-state index >= 15 is 0 Å². The first kappa shape index (κ1) is 10.4. The number of hydrogen-bond acceptors (Lipinski definition) is 2. The minimum atomic E-state index is -1.87. The lowest BCUT2D eigenvalue weighted by Gasteiger charge is -2.04. The Labute approximate surface area is 81.3 Å². The zero-order chi connectivity index (χ0) is 9.52. The molecule has 0 bridgehead atoms. The molecule has 1 rings (SSSR count). The van der Waals surface area contributed by atoms with E-state index in [0.717, 1.165) is 19.3 Å². The number of benzene rings is 1. The van der Waals surface area contributed by atoms with Crippen molar-refractivity contribution in [2.45, 2.75) is 19.3 Å². The second kappa shape index (κ2) is 5.89. The largest absolute Gasteiger partial charge is 0.772 e. The third-order valence-electron chi connectivity index (χ3n) is 1.87. The average Bonchev–Trinajstić information content (AvgIpc) is 2.14. The molecule has 0 aromatic heterocycles. The Balaban J connectivity index is 2.17. The van der Waals surface area contributed by atoms with E-state index in [0.29, 0.717) is 0 Å². The summed E-state index contributed by atoms with van der Waals surface area (Å²) in [6.07, 6.45) is 2.67. The van der Waals surface area contributed by atoms with E-state index < -0.39 is 11.1 Å². The topological polar surface area (TPSA) is 40.1 Å². The molecule has 0 aliphatic rings. The predicted octanol–water partition coefficient (Wildman–Crippen LogP) is 1.89. The predicted molar refractivity (Wildman–Crippen MR) is 53.2 cm³/mol. The molecule has 3 heteroatoms. The summed E-state index contributed by atoms with van der Waals surface area (Å²) in [4.78, 5) is 0. The van der Waals surface area contributed by atoms with Gasteiger partial charge in [0, 0.05) is 5.75 Å². The van der Waals surface area contributed by atoms with E-state index in [4.69, 9.17) is 0 Å². The van der Waals surface area contributed by atoms with E-state index in [2.05, 4.69) is 12.1 Å². The Hall–Kier alpha value is -0.670. The zero-order valence-corrected chi connectivity index (χ0v) is 8.26. The fourth-order valence-electron chi connectivity index (χ4n) is 1.19. The lowest BCUT2D eigenvalue weighted by Crippen LogP contribution is -1.96. The highest BCUT2D eigenvalue weighted by Crippen LogP contribution is 2.04. The van der Waals surface area contributed by atoms with E-state index in [1.807, 2.05) is 18.2 Å². The SMILES string of the molecule is O=S([O-])CCCCc1ccccc1. The van der Waals surface area contributed by atoms with E-state index in [1.54, 1.807) is 0 Å². The molecular weight excluding hydrogens is 184 g/mol. The van der Waals surface area contributed by atoms with Crippen molar-refractivity contribution < 1.29 is 8.76 Å². The third-order valence-corrected chi connectivity index (χ3v) is 2.49. The van der Waals surface area contributed by atoms with Crippen molar-refractivity contribution in [2.75, 3.05) is 5.75 Å². The van der Waals surface area contributed by atoms with Crippen LogP contribution in [0.2, 0.25) is 0 Å². The molecule has 72 valence electrons. The van der Waals surface area contributed by atoms with Crippen LogP contribution in [-0.4, -0.2) is 14.5 Å². The maximum absolute atomic E-state index is 10.2. The lowest BCUT2D eigenvalue weighted by molar-refractivity contribution is 0.533. The van der Waals surface area contributed by atoms with E-state index in [1.165, 1.54) is 5.56 Å². The molecule has 0 saturated heterocycles. The monoisotopic (exact) mass is 197 g/mol. The second-order valence-electron chi connectivity index (χ2n) is 2.95. The summed E-state index contributed by atoms with van der Waals surface area (Å²) in [5, 5.41) is 0. The van der Waals surface area contributed by atoms with Crippen molar-refractivity contribution in [3.05, 3.63) is 35.9 Å². The maximum Gasteiger partial charge on any atom is 0.0102 e. The highest BCUT2D eigenvalue weighted by Gasteiger charge is 1.91. The van der Waals surface area contributed by atoms with Crippen LogP contribution < -0.4 is 0 Å². The Kier molecular flexibility index (Phi) is 4.72. The summed E-state index contributed by atoms with van der Waals surface area (Å²) >= 11 is -1.87. The van der Waals surface area contributed by atoms with Gasteiger partial charge in [-0.25, -0.2) is 0 Å². The highest BCUT2D eigenvalue weighted by molar-refractivity contribution is 7.79. The molecule has 1 aromatic rings. The number of rotatable bonds is 5. The fourth-order valence-corrected chi connectivity index (χ4v) is 1.63. The van der Waals surface area contributed by atoms with Crippen molar-refractivity contribution in [3.63, 3.8) is 0 Å². The van der Waals surface area contributed by atoms with Crippen LogP contribution in [-0.2, 0) is 17.5 Å². The van der Waals surface area contributed by atoms with Gasteiger partial charge in [0.2, 0.25) is 0 Å². The van der Waals surface area contributed by atoms with Gasteiger partial charge in [-0.15, -0.1) is 0 Å². The Morgan fingerprint density at radius 2 is 1.85 bits per heavy atom. The second-order valence-corrected chi connectivity index (χ2v) is 3.97. The van der Waals surface area contributed by atoms with Crippen molar-refractivity contribution in [1.82, 2.24) is 0 Å². The first-order chi connectivity index (χ1) is 6.29. The molecule has 0 radical (unpaired) electrons. The van der Waals surface area contributed by atoms with Gasteiger partial charge in [0.05, 0.1) is 0 Å². The minimum Gasteiger partial charge on any atom is -0.772 e. The molecule has 1 atom stereocenters. The van der Waals surface area contributed by atoms with Crippen molar-refractivity contribution >= 4 is 11.1 Å². The van der Waals surface area contributed by atoms with Crippen LogP contribution in [0, 0.1) is 0 Å². The molecule has 0 fully saturated rings. The molecule has 13 heavy (non-hydrogen) atoms. The van der Waals surface area contributed by atoms with Crippen LogP contribution in [0.1, 0.15) is 18.4 Å². The Bertz CT molecular complexity index is 259. The maximum atomic E-state index is 10.2. The van der Waals surface area contributed by atoms with Crippen molar-refractivity contribution in [1.29, 1.82) is 0 Å². The molecule has 1 aromatic carbocycles. The first-order valence-corrected chi connectivity index (χ1v) is 5.63. The number of aryl methyl sites for hydroxylation is 1. The van der Waals surface area contributed by atoms with E-state index in [-0.39, 0.29) is 5.75 Å². The summed E-state index contributed by atoms with van der Waals surface area (Å²) in [5.41, 5.74) is 1.28. The van der Waals surface area contributed by atoms with Crippen LogP contribution in [0.5, 0.6) is 0 Å². The van der Waals surface area contributed by atoms with Gasteiger partial charge in [-0.2, -0.15) is 0 Å². The molecular formula is C10H13O2S-. The summed E-state index contributed by atoms with van der Waals surface area (Å²) in [7, 11) is 0. The number of hydrogen-bond donors (Lipinski definition) is 0. The van der Waals surface area contributed by atoms with Gasteiger partial charge in [-0.05, 0) is 24.8 Å². The van der Waals surface area contributed by atoms with Crippen LogP contribution >= 0.6 is 0 Å². The molecule has 0 spiro atoms. The van der Waals surface area contributed by atoms with Crippen LogP contribution in [0.15, 0.2) is 30.3 Å². The van der Waals surface area contributed by atoms with Crippen LogP contribution in [0.3, 0.4) is 0 Å². The summed E-state index contributed by atoms with van der Waals surface area (Å²) < 4.78 is 20.4. The molecule has 2 nitrogen and oxygen atoms in total. The molecule has 1 unspecified atom stereocenters. The standard InChI is InChI=1S/C10H14O2S/c11-13(12)9-5-4-8-10-6-2-1-3-7-10/h1-3,6-7H,4-5,8-9H2,(H,11,12)/p-1. The molecule has 0 amide bonds. The zero-order valence-electron chi connectivity index (χ0n) is 7.44. The van der Waals surface area contributed by atoms with Gasteiger partial charge in [0.15, 0.2) is 0 Å². The minimum absolute atomic E-state index is 0.285. The van der Waals surface area contributed by atoms with Gasteiger partial charge in [-0.1, -0.05) is 41.4 Å². The van der Waals surface area contributed by atoms with Gasteiger partial charge >= 0.3 is 0 Å². The quantitative estimate of drug-likeness (QED) is 0.534. The van der Waals surface area contributed by atoms with E-state index in [9.17, 15) is 8.76 Å². The fraction of sp³-hybridized carbons (Fsp3) is 0.400. The molecule has 0 saturated carbocycles. The van der Waals surface area contributed by atoms with Gasteiger partial charge in [0.1, 0.15) is 0 Å². The summed E-state index contributed by atoms with van der Waals surface area (Å²) in [6.45, 7) is 0. The van der Waals surface area contributed by atoms with Gasteiger partial charge < -0.3 is 4.55 Å². The summed E-state index contributed by atoms with van der Waals surface area (Å²) in [5.74, 6) is 0.285. The molecule has 0 aliphatic heterocycles. The lowest BCUT2D eigenvalue weighted by atomic mass is 10.1. The molecule has 0 N–H and O–H groups in total. The smallest absolute Gasteiger partial charge is 0.0102 e. The van der Waals surface area contributed by atoms with Crippen LogP contribution in [0.4, 0.5) is 0 Å². The normalized spacial score (nSPS) is 12.7. The van der Waals surface area contributed by atoms with Crippen molar-refractivity contribution in [3.8, 4) is 0 Å². The van der Waals surface area contributed by atoms with Gasteiger partial charge in [0.25, 0.3) is 0 Å². The first-order valence-electron chi connectivity index (χ1n) is 4.39. The van der Waals surface area contributed by atoms with Crippen molar-refractivity contribution in [2.24, 2.45) is 0 Å².